The maximum absolute atomic E-state index is 13.3. The van der Waals surface area contributed by atoms with E-state index in [1.54, 1.807) is 25.3 Å². The van der Waals surface area contributed by atoms with Gasteiger partial charge in [-0.15, -0.1) is 0 Å². The molecule has 17 heavy (non-hydrogen) atoms. The second-order valence-electron chi connectivity index (χ2n) is 4.20. The molecule has 0 aliphatic carbocycles. The molecule has 0 radical (unpaired) electrons. The fourth-order valence-electron chi connectivity index (χ4n) is 1.66. The van der Waals surface area contributed by atoms with Gasteiger partial charge in [-0.3, -0.25) is 0 Å². The maximum atomic E-state index is 13.3. The minimum atomic E-state index is -0.157. The van der Waals surface area contributed by atoms with Gasteiger partial charge in [-0.25, -0.2) is 4.39 Å². The molecule has 1 heterocycles. The molecule has 2 rings (SSSR count). The molecule has 1 unspecified atom stereocenters. The van der Waals surface area contributed by atoms with Crippen molar-refractivity contribution < 1.29 is 8.81 Å². The van der Waals surface area contributed by atoms with E-state index in [4.69, 9.17) is 4.42 Å². The number of rotatable bonds is 4. The monoisotopic (exact) mass is 233 g/mol. The van der Waals surface area contributed by atoms with Gasteiger partial charge in [0.1, 0.15) is 11.6 Å². The summed E-state index contributed by atoms with van der Waals surface area (Å²) in [6, 6.07) is 9.20. The average molecular weight is 233 g/mol. The molecule has 2 aromatic rings. The summed E-state index contributed by atoms with van der Waals surface area (Å²) < 4.78 is 18.6. The number of hydrogen-bond donors (Lipinski definition) is 1. The van der Waals surface area contributed by atoms with Crippen molar-refractivity contribution in [2.24, 2.45) is 0 Å². The van der Waals surface area contributed by atoms with Gasteiger partial charge < -0.3 is 9.73 Å². The van der Waals surface area contributed by atoms with Gasteiger partial charge in [0.15, 0.2) is 0 Å². The molecule has 0 aliphatic rings. The van der Waals surface area contributed by atoms with Crippen LogP contribution in [0, 0.1) is 12.7 Å². The topological polar surface area (TPSA) is 25.2 Å². The summed E-state index contributed by atoms with van der Waals surface area (Å²) in [5, 5.41) is 3.29. The average Bonchev–Trinajstić information content (AvgIpc) is 2.84. The Kier molecular flexibility index (Phi) is 3.59. The van der Waals surface area contributed by atoms with Crippen molar-refractivity contribution in [2.75, 3.05) is 0 Å². The van der Waals surface area contributed by atoms with Crippen LogP contribution in [0.3, 0.4) is 0 Å². The normalized spacial score (nSPS) is 12.6. The van der Waals surface area contributed by atoms with E-state index in [0.29, 0.717) is 12.1 Å². The van der Waals surface area contributed by atoms with Crippen LogP contribution in [0.4, 0.5) is 4.39 Å². The molecule has 0 aliphatic heterocycles. The van der Waals surface area contributed by atoms with Gasteiger partial charge >= 0.3 is 0 Å². The third-order valence-corrected chi connectivity index (χ3v) is 2.82. The van der Waals surface area contributed by atoms with Crippen LogP contribution in [0.25, 0.3) is 0 Å². The zero-order chi connectivity index (χ0) is 12.3. The van der Waals surface area contributed by atoms with E-state index in [1.807, 2.05) is 25.1 Å². The van der Waals surface area contributed by atoms with Crippen molar-refractivity contribution in [3.63, 3.8) is 0 Å². The largest absolute Gasteiger partial charge is 0.468 e. The predicted molar refractivity (Wildman–Crippen MR) is 65.1 cm³/mol. The third-order valence-electron chi connectivity index (χ3n) is 2.82. The van der Waals surface area contributed by atoms with Gasteiger partial charge in [-0.2, -0.15) is 0 Å². The first-order valence-electron chi connectivity index (χ1n) is 5.68. The van der Waals surface area contributed by atoms with Crippen LogP contribution in [0.15, 0.2) is 41.0 Å². The molecule has 0 saturated heterocycles. The Hall–Kier alpha value is -1.61. The van der Waals surface area contributed by atoms with Crippen LogP contribution >= 0.6 is 0 Å². The molecule has 1 aromatic carbocycles. The van der Waals surface area contributed by atoms with E-state index in [9.17, 15) is 4.39 Å². The Morgan fingerprint density at radius 1 is 1.35 bits per heavy atom. The van der Waals surface area contributed by atoms with Crippen molar-refractivity contribution in [3.8, 4) is 0 Å². The van der Waals surface area contributed by atoms with Gasteiger partial charge in [-0.05, 0) is 43.2 Å². The summed E-state index contributed by atoms with van der Waals surface area (Å²) in [5.41, 5.74) is 1.61. The molecule has 0 amide bonds. The fourth-order valence-corrected chi connectivity index (χ4v) is 1.66. The minimum absolute atomic E-state index is 0.120. The fraction of sp³-hybridized carbons (Fsp3) is 0.286. The SMILES string of the molecule is Cc1ccc(CNC(C)c2ccco2)cc1F. The van der Waals surface area contributed by atoms with E-state index >= 15 is 0 Å². The first-order chi connectivity index (χ1) is 8.16. The number of halogens is 1. The Morgan fingerprint density at radius 2 is 2.18 bits per heavy atom. The highest BCUT2D eigenvalue weighted by Crippen LogP contribution is 2.14. The van der Waals surface area contributed by atoms with Crippen LogP contribution in [-0.2, 0) is 6.54 Å². The molecule has 0 bridgehead atoms. The number of furan rings is 1. The maximum Gasteiger partial charge on any atom is 0.126 e. The first-order valence-corrected chi connectivity index (χ1v) is 5.68. The van der Waals surface area contributed by atoms with E-state index in [1.165, 1.54) is 0 Å². The Bertz CT molecular complexity index is 479. The van der Waals surface area contributed by atoms with E-state index in [0.717, 1.165) is 11.3 Å². The Morgan fingerprint density at radius 3 is 2.82 bits per heavy atom. The molecule has 1 N–H and O–H groups in total. The molecule has 0 spiro atoms. The minimum Gasteiger partial charge on any atom is -0.468 e. The van der Waals surface area contributed by atoms with Crippen LogP contribution in [0.5, 0.6) is 0 Å². The van der Waals surface area contributed by atoms with Crippen molar-refractivity contribution in [2.45, 2.75) is 26.4 Å². The van der Waals surface area contributed by atoms with Gasteiger partial charge in [0.2, 0.25) is 0 Å². The second kappa shape index (κ2) is 5.15. The lowest BCUT2D eigenvalue weighted by atomic mass is 10.1. The molecular formula is C14H16FNO. The Labute approximate surface area is 100 Å². The molecule has 0 saturated carbocycles. The number of hydrogen-bond acceptors (Lipinski definition) is 2. The molecule has 1 atom stereocenters. The van der Waals surface area contributed by atoms with Gasteiger partial charge in [0, 0.05) is 6.54 Å². The smallest absolute Gasteiger partial charge is 0.126 e. The zero-order valence-electron chi connectivity index (χ0n) is 10.0. The molecule has 3 heteroatoms. The van der Waals surface area contributed by atoms with Gasteiger partial charge in [0.25, 0.3) is 0 Å². The van der Waals surface area contributed by atoms with Crippen molar-refractivity contribution >= 4 is 0 Å². The van der Waals surface area contributed by atoms with Gasteiger partial charge in [-0.1, -0.05) is 12.1 Å². The highest BCUT2D eigenvalue weighted by atomic mass is 19.1. The van der Waals surface area contributed by atoms with Crippen molar-refractivity contribution in [1.82, 2.24) is 5.32 Å². The summed E-state index contributed by atoms with van der Waals surface area (Å²) in [5.74, 6) is 0.729. The summed E-state index contributed by atoms with van der Waals surface area (Å²) in [7, 11) is 0. The quantitative estimate of drug-likeness (QED) is 0.873. The van der Waals surface area contributed by atoms with Crippen molar-refractivity contribution in [3.05, 3.63) is 59.3 Å². The summed E-state index contributed by atoms with van der Waals surface area (Å²) in [6.07, 6.45) is 1.65. The third kappa shape index (κ3) is 2.94. The molecule has 90 valence electrons. The van der Waals surface area contributed by atoms with Crippen LogP contribution in [0.1, 0.15) is 29.9 Å². The number of benzene rings is 1. The van der Waals surface area contributed by atoms with E-state index < -0.39 is 0 Å². The number of aryl methyl sites for hydroxylation is 1. The highest BCUT2D eigenvalue weighted by Gasteiger charge is 2.07. The Balaban J connectivity index is 1.96. The molecular weight excluding hydrogens is 217 g/mol. The predicted octanol–water partition coefficient (Wildman–Crippen LogP) is 3.58. The van der Waals surface area contributed by atoms with Crippen LogP contribution in [0.2, 0.25) is 0 Å². The van der Waals surface area contributed by atoms with Crippen molar-refractivity contribution in [1.29, 1.82) is 0 Å². The lowest BCUT2D eigenvalue weighted by Crippen LogP contribution is -2.17. The standard InChI is InChI=1S/C14H16FNO/c1-10-5-6-12(8-13(10)15)9-16-11(2)14-4-3-7-17-14/h3-8,11,16H,9H2,1-2H3. The molecule has 0 fully saturated rings. The van der Waals surface area contributed by atoms with Crippen LogP contribution < -0.4 is 5.32 Å². The molecule has 1 aromatic heterocycles. The van der Waals surface area contributed by atoms with E-state index in [2.05, 4.69) is 5.32 Å². The van der Waals surface area contributed by atoms with E-state index in [-0.39, 0.29) is 11.9 Å². The molecule has 2 nitrogen and oxygen atoms in total. The lowest BCUT2D eigenvalue weighted by molar-refractivity contribution is 0.430. The second-order valence-corrected chi connectivity index (χ2v) is 4.20. The zero-order valence-corrected chi connectivity index (χ0v) is 10.0. The summed E-state index contributed by atoms with van der Waals surface area (Å²) in [4.78, 5) is 0. The first kappa shape index (κ1) is 11.9. The summed E-state index contributed by atoms with van der Waals surface area (Å²) >= 11 is 0. The van der Waals surface area contributed by atoms with Crippen LogP contribution in [-0.4, -0.2) is 0 Å². The summed E-state index contributed by atoms with van der Waals surface area (Å²) in [6.45, 7) is 4.40. The highest BCUT2D eigenvalue weighted by molar-refractivity contribution is 5.23. The lowest BCUT2D eigenvalue weighted by Gasteiger charge is -2.11. The number of nitrogens with one attached hydrogen (secondary N) is 1. The van der Waals surface area contributed by atoms with Gasteiger partial charge in [0.05, 0.1) is 12.3 Å².